The van der Waals surface area contributed by atoms with E-state index in [0.717, 1.165) is 11.5 Å². The lowest BCUT2D eigenvalue weighted by molar-refractivity contribution is 0.0945. The summed E-state index contributed by atoms with van der Waals surface area (Å²) in [5.41, 5.74) is 6.32. The number of amides is 1. The summed E-state index contributed by atoms with van der Waals surface area (Å²) in [6, 6.07) is 0.290. The first-order valence-electron chi connectivity index (χ1n) is 7.19. The standard InChI is InChI=1S/C14H27N5OS/c1-8(2)10(7-19(5)6)17-14-11(12(15)18-21-14)13(20)16-9(3)4/h8-10,17H,7H2,1-6H3,(H2,15,18)(H,16,20). The fourth-order valence-electron chi connectivity index (χ4n) is 1.94. The molecule has 0 saturated carbocycles. The Balaban J connectivity index is 2.95. The number of nitrogen functional groups attached to an aromatic ring is 1. The highest BCUT2D eigenvalue weighted by molar-refractivity contribution is 7.11. The summed E-state index contributed by atoms with van der Waals surface area (Å²) < 4.78 is 4.12. The average molecular weight is 313 g/mol. The molecule has 0 radical (unpaired) electrons. The van der Waals surface area contributed by atoms with Crippen LogP contribution in [0.4, 0.5) is 10.8 Å². The molecule has 0 aliphatic carbocycles. The third-order valence-corrected chi connectivity index (χ3v) is 3.84. The zero-order valence-corrected chi connectivity index (χ0v) is 14.5. The van der Waals surface area contributed by atoms with Gasteiger partial charge in [0, 0.05) is 18.6 Å². The van der Waals surface area contributed by atoms with Crippen molar-refractivity contribution in [3.63, 3.8) is 0 Å². The van der Waals surface area contributed by atoms with Gasteiger partial charge >= 0.3 is 0 Å². The van der Waals surface area contributed by atoms with Gasteiger partial charge in [0.25, 0.3) is 5.91 Å². The molecule has 1 aromatic rings. The normalized spacial score (nSPS) is 13.0. The first-order valence-corrected chi connectivity index (χ1v) is 7.97. The molecule has 0 bridgehead atoms. The summed E-state index contributed by atoms with van der Waals surface area (Å²) >= 11 is 1.24. The molecule has 7 heteroatoms. The summed E-state index contributed by atoms with van der Waals surface area (Å²) in [6.45, 7) is 9.02. The zero-order chi connectivity index (χ0) is 16.2. The Kier molecular flexibility index (Phi) is 6.42. The zero-order valence-electron chi connectivity index (χ0n) is 13.7. The number of hydrogen-bond acceptors (Lipinski definition) is 6. The van der Waals surface area contributed by atoms with Crippen molar-refractivity contribution in [2.45, 2.75) is 39.8 Å². The maximum absolute atomic E-state index is 12.3. The van der Waals surface area contributed by atoms with Gasteiger partial charge in [-0.1, -0.05) is 13.8 Å². The van der Waals surface area contributed by atoms with Crippen LogP contribution in [0, 0.1) is 5.92 Å². The maximum Gasteiger partial charge on any atom is 0.258 e. The minimum Gasteiger partial charge on any atom is -0.382 e. The minimum absolute atomic E-state index is 0.0623. The number of aromatic nitrogens is 1. The van der Waals surface area contributed by atoms with Crippen molar-refractivity contribution in [1.82, 2.24) is 14.6 Å². The average Bonchev–Trinajstić information content (AvgIpc) is 2.68. The number of carbonyl (C=O) groups excluding carboxylic acids is 1. The molecule has 6 nitrogen and oxygen atoms in total. The second-order valence-electron chi connectivity index (χ2n) is 6.16. The van der Waals surface area contributed by atoms with Crippen LogP contribution in [-0.2, 0) is 0 Å². The molecular formula is C14H27N5OS. The van der Waals surface area contributed by atoms with E-state index in [4.69, 9.17) is 5.73 Å². The van der Waals surface area contributed by atoms with Gasteiger partial charge in [0.1, 0.15) is 10.6 Å². The largest absolute Gasteiger partial charge is 0.382 e. The second-order valence-corrected chi connectivity index (χ2v) is 6.93. The van der Waals surface area contributed by atoms with Gasteiger partial charge in [0.15, 0.2) is 5.82 Å². The number of rotatable bonds is 7. The Bertz CT molecular complexity index is 470. The molecular weight excluding hydrogens is 286 g/mol. The molecule has 0 spiro atoms. The maximum atomic E-state index is 12.3. The minimum atomic E-state index is -0.175. The Morgan fingerprint density at radius 2 is 1.95 bits per heavy atom. The summed E-state index contributed by atoms with van der Waals surface area (Å²) in [6.07, 6.45) is 0. The molecule has 1 aromatic heterocycles. The van der Waals surface area contributed by atoms with E-state index in [9.17, 15) is 4.79 Å². The predicted octanol–water partition coefficient (Wildman–Crippen LogP) is 1.86. The fourth-order valence-corrected chi connectivity index (χ4v) is 2.71. The number of nitrogens with two attached hydrogens (primary N) is 1. The summed E-state index contributed by atoms with van der Waals surface area (Å²) in [7, 11) is 4.06. The number of carbonyl (C=O) groups is 1. The van der Waals surface area contributed by atoms with Crippen LogP contribution in [0.2, 0.25) is 0 Å². The van der Waals surface area contributed by atoms with E-state index in [-0.39, 0.29) is 23.8 Å². The molecule has 0 fully saturated rings. The molecule has 1 atom stereocenters. The number of likely N-dealkylation sites (N-methyl/N-ethyl adjacent to an activating group) is 1. The third-order valence-electron chi connectivity index (χ3n) is 3.05. The van der Waals surface area contributed by atoms with E-state index in [1.54, 1.807) is 0 Å². The van der Waals surface area contributed by atoms with E-state index < -0.39 is 0 Å². The molecule has 1 amide bonds. The first-order chi connectivity index (χ1) is 9.72. The smallest absolute Gasteiger partial charge is 0.258 e. The molecule has 21 heavy (non-hydrogen) atoms. The highest BCUT2D eigenvalue weighted by Gasteiger charge is 2.23. The van der Waals surface area contributed by atoms with Crippen molar-refractivity contribution in [1.29, 1.82) is 0 Å². The van der Waals surface area contributed by atoms with E-state index in [0.29, 0.717) is 11.5 Å². The van der Waals surface area contributed by atoms with Crippen LogP contribution >= 0.6 is 11.5 Å². The highest BCUT2D eigenvalue weighted by Crippen LogP contribution is 2.28. The van der Waals surface area contributed by atoms with Gasteiger partial charge in [-0.15, -0.1) is 0 Å². The molecule has 4 N–H and O–H groups in total. The van der Waals surface area contributed by atoms with Crippen LogP contribution in [0.25, 0.3) is 0 Å². The van der Waals surface area contributed by atoms with E-state index in [1.807, 2.05) is 27.9 Å². The molecule has 1 rings (SSSR count). The predicted molar refractivity (Wildman–Crippen MR) is 89.9 cm³/mol. The van der Waals surface area contributed by atoms with Gasteiger partial charge in [-0.05, 0) is 45.4 Å². The van der Waals surface area contributed by atoms with Gasteiger partial charge in [-0.25, -0.2) is 0 Å². The quantitative estimate of drug-likeness (QED) is 0.715. The molecule has 0 aromatic carbocycles. The second kappa shape index (κ2) is 7.61. The van der Waals surface area contributed by atoms with Gasteiger partial charge in [-0.3, -0.25) is 4.79 Å². The summed E-state index contributed by atoms with van der Waals surface area (Å²) in [4.78, 5) is 14.4. The van der Waals surface area contributed by atoms with Crippen LogP contribution in [0.3, 0.4) is 0 Å². The van der Waals surface area contributed by atoms with Gasteiger partial charge in [-0.2, -0.15) is 4.37 Å². The molecule has 0 aliphatic heterocycles. The molecule has 0 saturated heterocycles. The number of anilines is 2. The number of hydrogen-bond donors (Lipinski definition) is 3. The van der Waals surface area contributed by atoms with Gasteiger partial charge < -0.3 is 21.3 Å². The Morgan fingerprint density at radius 1 is 1.33 bits per heavy atom. The van der Waals surface area contributed by atoms with Crippen molar-refractivity contribution in [3.8, 4) is 0 Å². The van der Waals surface area contributed by atoms with Gasteiger partial charge in [0.2, 0.25) is 0 Å². The lowest BCUT2D eigenvalue weighted by atomic mass is 10.0. The summed E-state index contributed by atoms with van der Waals surface area (Å²) in [5.74, 6) is 0.538. The van der Waals surface area contributed by atoms with E-state index in [1.165, 1.54) is 11.5 Å². The molecule has 1 heterocycles. The first kappa shape index (κ1) is 17.7. The molecule has 0 aliphatic rings. The van der Waals surface area contributed by atoms with Crippen LogP contribution in [0.15, 0.2) is 0 Å². The lowest BCUT2D eigenvalue weighted by Crippen LogP contribution is -2.37. The SMILES string of the molecule is CC(C)NC(=O)c1c(N)nsc1NC(CN(C)C)C(C)C. The van der Waals surface area contributed by atoms with Crippen LogP contribution < -0.4 is 16.4 Å². The van der Waals surface area contributed by atoms with Crippen molar-refractivity contribution < 1.29 is 4.79 Å². The molecule has 120 valence electrons. The Hall–Kier alpha value is -1.34. The number of nitrogens with one attached hydrogen (secondary N) is 2. The van der Waals surface area contributed by atoms with E-state index >= 15 is 0 Å². The lowest BCUT2D eigenvalue weighted by Gasteiger charge is -2.26. The van der Waals surface area contributed by atoms with E-state index in [2.05, 4.69) is 33.8 Å². The van der Waals surface area contributed by atoms with Crippen LogP contribution in [-0.4, -0.2) is 47.9 Å². The van der Waals surface area contributed by atoms with Gasteiger partial charge in [0.05, 0.1) is 0 Å². The monoisotopic (exact) mass is 313 g/mol. The van der Waals surface area contributed by atoms with Crippen LogP contribution in [0.5, 0.6) is 0 Å². The van der Waals surface area contributed by atoms with Crippen molar-refractivity contribution in [3.05, 3.63) is 5.56 Å². The van der Waals surface area contributed by atoms with Crippen LogP contribution in [0.1, 0.15) is 38.1 Å². The highest BCUT2D eigenvalue weighted by atomic mass is 32.1. The van der Waals surface area contributed by atoms with Crippen molar-refractivity contribution in [2.24, 2.45) is 5.92 Å². The topological polar surface area (TPSA) is 83.3 Å². The fraction of sp³-hybridized carbons (Fsp3) is 0.714. The third kappa shape index (κ3) is 5.17. The van der Waals surface area contributed by atoms with Crippen molar-refractivity contribution >= 4 is 28.3 Å². The molecule has 1 unspecified atom stereocenters. The number of nitrogens with zero attached hydrogens (tertiary/aromatic N) is 2. The Morgan fingerprint density at radius 3 is 2.43 bits per heavy atom. The van der Waals surface area contributed by atoms with Crippen molar-refractivity contribution in [2.75, 3.05) is 31.7 Å². The Labute approximate surface area is 131 Å². The summed E-state index contributed by atoms with van der Waals surface area (Å²) in [5, 5.41) is 7.04.